The lowest BCUT2D eigenvalue weighted by atomic mass is 9.83. The standard InChI is InChI=1S/C40H63FN4O8/c1-10-26(4)35(44(6)38(49)29(25(2)3)22-33(46)40(41)18-19-42-24-40)32(51-7)23-34(47)45-20-14-17-31(45)36(52-8)27(5)37(48)43-30(39(50)53-9)21-28-15-12-11-13-16-28/h11-13,15-16,25-27,29-32,35-36,42H,10,14,17-24H2,1-9H3,(H,43,48)/t26-,27+,29-,30-,31-,32+,35-,36+,40+/m0/s1. The van der Waals surface area contributed by atoms with E-state index in [9.17, 15) is 24.0 Å². The van der Waals surface area contributed by atoms with Crippen LogP contribution in [0.5, 0.6) is 0 Å². The molecule has 0 unspecified atom stereocenters. The number of rotatable bonds is 20. The van der Waals surface area contributed by atoms with Gasteiger partial charge in [-0.15, -0.1) is 0 Å². The molecule has 2 heterocycles. The number of esters is 1. The molecule has 2 saturated heterocycles. The number of amides is 3. The van der Waals surface area contributed by atoms with E-state index in [4.69, 9.17) is 14.2 Å². The molecule has 0 bridgehead atoms. The molecule has 53 heavy (non-hydrogen) atoms. The van der Waals surface area contributed by atoms with Crippen LogP contribution in [0.2, 0.25) is 0 Å². The van der Waals surface area contributed by atoms with Crippen molar-refractivity contribution in [3.63, 3.8) is 0 Å². The number of benzene rings is 1. The van der Waals surface area contributed by atoms with Gasteiger partial charge in [-0.1, -0.05) is 71.4 Å². The molecule has 2 N–H and O–H groups in total. The minimum atomic E-state index is -1.97. The molecule has 3 amide bonds. The first-order valence-corrected chi connectivity index (χ1v) is 19.1. The molecule has 13 heteroatoms. The van der Waals surface area contributed by atoms with Crippen LogP contribution in [0, 0.1) is 23.7 Å². The molecule has 298 valence electrons. The number of halogens is 1. The molecular formula is C40H63FN4O8. The zero-order valence-corrected chi connectivity index (χ0v) is 33.2. The number of Topliss-reactive ketones (excluding diaryl/α,β-unsaturated/α-hetero) is 1. The molecule has 2 fully saturated rings. The molecule has 0 aliphatic carbocycles. The van der Waals surface area contributed by atoms with Crippen molar-refractivity contribution in [1.82, 2.24) is 20.4 Å². The predicted octanol–water partition coefficient (Wildman–Crippen LogP) is 3.74. The molecule has 0 aromatic heterocycles. The Kier molecular flexibility index (Phi) is 16.9. The van der Waals surface area contributed by atoms with Crippen molar-refractivity contribution in [2.45, 2.75) is 116 Å². The zero-order chi connectivity index (χ0) is 39.5. The number of hydrogen-bond acceptors (Lipinski definition) is 9. The van der Waals surface area contributed by atoms with Gasteiger partial charge in [-0.05, 0) is 36.8 Å². The highest BCUT2D eigenvalue weighted by atomic mass is 19.1. The second-order valence-corrected chi connectivity index (χ2v) is 15.2. The lowest BCUT2D eigenvalue weighted by Gasteiger charge is -2.41. The predicted molar refractivity (Wildman–Crippen MR) is 199 cm³/mol. The van der Waals surface area contributed by atoms with E-state index in [0.717, 1.165) is 5.56 Å². The summed E-state index contributed by atoms with van der Waals surface area (Å²) in [6, 6.07) is 7.52. The van der Waals surface area contributed by atoms with Crippen LogP contribution in [0.1, 0.15) is 78.7 Å². The number of nitrogens with one attached hydrogen (secondary N) is 2. The average molecular weight is 747 g/mol. The SMILES string of the molecule is CC[C@H](C)[C@@H]([C@@H](CC(=O)N1CCC[C@H]1[C@H](OC)[C@@H](C)C(=O)N[C@@H](Cc1ccccc1)C(=O)OC)OC)N(C)C(=O)[C@@H](CC(=O)[C@@]1(F)CCNC1)C(C)C. The number of nitrogens with zero attached hydrogens (tertiary/aromatic N) is 2. The van der Waals surface area contributed by atoms with Gasteiger partial charge in [0.15, 0.2) is 11.5 Å². The van der Waals surface area contributed by atoms with E-state index in [0.29, 0.717) is 32.4 Å². The summed E-state index contributed by atoms with van der Waals surface area (Å²) in [7, 11) is 5.99. The molecule has 0 spiro atoms. The maximum atomic E-state index is 15.4. The number of likely N-dealkylation sites (tertiary alicyclic amines) is 1. The van der Waals surface area contributed by atoms with Crippen molar-refractivity contribution in [2.75, 3.05) is 48.0 Å². The topological polar surface area (TPSA) is 144 Å². The third-order valence-corrected chi connectivity index (χ3v) is 11.5. The van der Waals surface area contributed by atoms with Gasteiger partial charge in [0.2, 0.25) is 17.7 Å². The first-order valence-electron chi connectivity index (χ1n) is 19.1. The van der Waals surface area contributed by atoms with Crippen molar-refractivity contribution < 1.29 is 42.6 Å². The summed E-state index contributed by atoms with van der Waals surface area (Å²) in [5.41, 5.74) is -1.11. The van der Waals surface area contributed by atoms with Crippen LogP contribution in [-0.4, -0.2) is 123 Å². The Morgan fingerprint density at radius 2 is 1.72 bits per heavy atom. The Hall–Kier alpha value is -3.42. The molecule has 0 radical (unpaired) electrons. The molecule has 0 saturated carbocycles. The Bertz CT molecular complexity index is 1370. The third-order valence-electron chi connectivity index (χ3n) is 11.5. The van der Waals surface area contributed by atoms with Gasteiger partial charge in [0.25, 0.3) is 0 Å². The van der Waals surface area contributed by atoms with E-state index in [1.807, 2.05) is 58.0 Å². The minimum absolute atomic E-state index is 0.0251. The summed E-state index contributed by atoms with van der Waals surface area (Å²) >= 11 is 0. The quantitative estimate of drug-likeness (QED) is 0.191. The van der Waals surface area contributed by atoms with Crippen LogP contribution in [0.25, 0.3) is 0 Å². The van der Waals surface area contributed by atoms with Gasteiger partial charge in [-0.2, -0.15) is 0 Å². The number of carbonyl (C=O) groups is 5. The smallest absolute Gasteiger partial charge is 0.328 e. The van der Waals surface area contributed by atoms with Gasteiger partial charge in [-0.25, -0.2) is 9.18 Å². The summed E-state index contributed by atoms with van der Waals surface area (Å²) in [4.78, 5) is 71.0. The number of ketones is 1. The number of ether oxygens (including phenoxy) is 3. The largest absolute Gasteiger partial charge is 0.467 e. The second-order valence-electron chi connectivity index (χ2n) is 15.2. The highest BCUT2D eigenvalue weighted by Crippen LogP contribution is 2.32. The summed E-state index contributed by atoms with van der Waals surface area (Å²) < 4.78 is 32.2. The van der Waals surface area contributed by atoms with E-state index >= 15 is 4.39 Å². The molecular weight excluding hydrogens is 683 g/mol. The molecule has 1 aromatic carbocycles. The van der Waals surface area contributed by atoms with Crippen molar-refractivity contribution in [3.05, 3.63) is 35.9 Å². The average Bonchev–Trinajstić information content (AvgIpc) is 3.83. The minimum Gasteiger partial charge on any atom is -0.467 e. The Morgan fingerprint density at radius 1 is 1.04 bits per heavy atom. The maximum Gasteiger partial charge on any atom is 0.328 e. The van der Waals surface area contributed by atoms with Gasteiger partial charge in [0, 0.05) is 59.5 Å². The maximum absolute atomic E-state index is 15.4. The van der Waals surface area contributed by atoms with E-state index in [-0.39, 0.29) is 55.9 Å². The normalized spacial score (nSPS) is 22.7. The van der Waals surface area contributed by atoms with Gasteiger partial charge in [0.1, 0.15) is 6.04 Å². The number of carbonyl (C=O) groups excluding carboxylic acids is 5. The van der Waals surface area contributed by atoms with Crippen LogP contribution in [0.4, 0.5) is 4.39 Å². The third kappa shape index (κ3) is 11.1. The van der Waals surface area contributed by atoms with Gasteiger partial charge < -0.3 is 34.6 Å². The highest BCUT2D eigenvalue weighted by Gasteiger charge is 2.46. The number of hydrogen-bond donors (Lipinski definition) is 2. The van der Waals surface area contributed by atoms with E-state index in [2.05, 4.69) is 10.6 Å². The van der Waals surface area contributed by atoms with Crippen molar-refractivity contribution in [2.24, 2.45) is 23.7 Å². The first-order chi connectivity index (χ1) is 25.1. The Balaban J connectivity index is 1.77. The zero-order valence-electron chi connectivity index (χ0n) is 33.2. The number of methoxy groups -OCH3 is 3. The fraction of sp³-hybridized carbons (Fsp3) is 0.725. The van der Waals surface area contributed by atoms with E-state index in [1.54, 1.807) is 23.8 Å². The highest BCUT2D eigenvalue weighted by molar-refractivity contribution is 5.92. The molecule has 9 atom stereocenters. The lowest BCUT2D eigenvalue weighted by molar-refractivity contribution is -0.150. The van der Waals surface area contributed by atoms with Crippen molar-refractivity contribution >= 4 is 29.5 Å². The molecule has 3 rings (SSSR count). The van der Waals surface area contributed by atoms with Crippen molar-refractivity contribution in [1.29, 1.82) is 0 Å². The second kappa shape index (κ2) is 20.3. The van der Waals surface area contributed by atoms with Gasteiger partial charge in [-0.3, -0.25) is 19.2 Å². The summed E-state index contributed by atoms with van der Waals surface area (Å²) in [6.45, 7) is 10.3. The fourth-order valence-corrected chi connectivity index (χ4v) is 7.95. The molecule has 12 nitrogen and oxygen atoms in total. The van der Waals surface area contributed by atoms with Crippen LogP contribution >= 0.6 is 0 Å². The van der Waals surface area contributed by atoms with E-state index < -0.39 is 65.5 Å². The monoisotopic (exact) mass is 746 g/mol. The number of alkyl halides is 1. The molecule has 2 aliphatic heterocycles. The summed E-state index contributed by atoms with van der Waals surface area (Å²) in [5, 5.41) is 5.75. The van der Waals surface area contributed by atoms with Crippen LogP contribution in [0.3, 0.4) is 0 Å². The van der Waals surface area contributed by atoms with E-state index in [1.165, 1.54) is 21.3 Å². The summed E-state index contributed by atoms with van der Waals surface area (Å²) in [5.74, 6) is -3.72. The van der Waals surface area contributed by atoms with Crippen LogP contribution < -0.4 is 10.6 Å². The summed E-state index contributed by atoms with van der Waals surface area (Å²) in [6.07, 6.45) is 0.814. The Labute approximate surface area is 315 Å². The first kappa shape index (κ1) is 44.0. The lowest BCUT2D eigenvalue weighted by Crippen LogP contribution is -2.55. The van der Waals surface area contributed by atoms with Crippen molar-refractivity contribution in [3.8, 4) is 0 Å². The molecule has 2 aliphatic rings. The number of likely N-dealkylation sites (N-methyl/N-ethyl adjacent to an activating group) is 1. The molecule has 1 aromatic rings. The van der Waals surface area contributed by atoms with Crippen LogP contribution in [0.15, 0.2) is 30.3 Å². The van der Waals surface area contributed by atoms with Gasteiger partial charge >= 0.3 is 5.97 Å². The Morgan fingerprint density at radius 3 is 2.26 bits per heavy atom. The fourth-order valence-electron chi connectivity index (χ4n) is 7.95. The van der Waals surface area contributed by atoms with Crippen LogP contribution in [-0.2, 0) is 44.6 Å². The van der Waals surface area contributed by atoms with Gasteiger partial charge in [0.05, 0.1) is 43.7 Å².